The highest BCUT2D eigenvalue weighted by atomic mass is 32.1. The summed E-state index contributed by atoms with van der Waals surface area (Å²) in [6.07, 6.45) is 3.00. The van der Waals surface area contributed by atoms with Gasteiger partial charge in [-0.2, -0.15) is 15.0 Å². The van der Waals surface area contributed by atoms with Crippen LogP contribution in [0, 0.1) is 11.3 Å². The number of hydrogen-bond donors (Lipinski definition) is 0. The fraction of sp³-hybridized carbons (Fsp3) is 0. The molecule has 4 rings (SSSR count). The molecule has 124 valence electrons. The van der Waals surface area contributed by atoms with E-state index in [1.807, 2.05) is 35.7 Å². The number of thiophene rings is 1. The molecule has 26 heavy (non-hydrogen) atoms. The molecule has 0 bridgehead atoms. The summed E-state index contributed by atoms with van der Waals surface area (Å²) in [5.74, 6) is 0. The molecular weight excluding hydrogens is 344 g/mol. The van der Waals surface area contributed by atoms with Gasteiger partial charge < -0.3 is 0 Å². The Morgan fingerprint density at radius 2 is 1.88 bits per heavy atom. The molecule has 0 radical (unpaired) electrons. The van der Waals surface area contributed by atoms with E-state index in [4.69, 9.17) is 5.26 Å². The Hall–Kier alpha value is -3.56. The van der Waals surface area contributed by atoms with Crippen molar-refractivity contribution in [3.8, 4) is 17.2 Å². The molecule has 0 amide bonds. The predicted octanol–water partition coefficient (Wildman–Crippen LogP) is 3.88. The third kappa shape index (κ3) is 2.92. The quantitative estimate of drug-likeness (QED) is 0.523. The van der Waals surface area contributed by atoms with Gasteiger partial charge in [0.25, 0.3) is 5.56 Å². The first-order chi connectivity index (χ1) is 12.8. The van der Waals surface area contributed by atoms with Crippen LogP contribution in [0.15, 0.2) is 76.2 Å². The molecule has 0 aliphatic rings. The smallest absolute Gasteiger partial charge is 0.267 e. The van der Waals surface area contributed by atoms with Crippen LogP contribution in [0.3, 0.4) is 0 Å². The monoisotopic (exact) mass is 356 g/mol. The number of nitrogens with zero attached hydrogens (tertiary/aromatic N) is 4. The molecule has 0 spiro atoms. The first-order valence-corrected chi connectivity index (χ1v) is 8.73. The maximum atomic E-state index is 12.9. The predicted molar refractivity (Wildman–Crippen MR) is 103 cm³/mol. The van der Waals surface area contributed by atoms with Crippen LogP contribution in [0.5, 0.6) is 0 Å². The van der Waals surface area contributed by atoms with Crippen LogP contribution in [-0.2, 0) is 0 Å². The second-order valence-electron chi connectivity index (χ2n) is 5.57. The summed E-state index contributed by atoms with van der Waals surface area (Å²) in [6, 6.07) is 18.8. The maximum Gasteiger partial charge on any atom is 0.283 e. The lowest BCUT2D eigenvalue weighted by Crippen LogP contribution is -2.16. The normalized spacial score (nSPS) is 11.0. The van der Waals surface area contributed by atoms with Crippen molar-refractivity contribution < 1.29 is 0 Å². The average molecular weight is 356 g/mol. The highest BCUT2D eigenvalue weighted by molar-refractivity contribution is 7.17. The van der Waals surface area contributed by atoms with Crippen molar-refractivity contribution in [1.82, 2.24) is 9.66 Å². The molecule has 0 N–H and O–H groups in total. The lowest BCUT2D eigenvalue weighted by molar-refractivity contribution is 0.819. The first-order valence-electron chi connectivity index (χ1n) is 7.85. The SMILES string of the molecule is N#Cc1ccc(C=Nn2cnc3scc(-c4ccccc4)c3c2=O)cc1. The highest BCUT2D eigenvalue weighted by Gasteiger charge is 2.12. The Labute approximate surface area is 153 Å². The molecule has 0 saturated heterocycles. The fourth-order valence-corrected chi connectivity index (χ4v) is 3.52. The van der Waals surface area contributed by atoms with Crippen LogP contribution in [-0.4, -0.2) is 15.9 Å². The minimum atomic E-state index is -0.208. The van der Waals surface area contributed by atoms with Crippen LogP contribution >= 0.6 is 11.3 Å². The van der Waals surface area contributed by atoms with Crippen LogP contribution in [0.2, 0.25) is 0 Å². The molecule has 2 aromatic carbocycles. The topological polar surface area (TPSA) is 71.0 Å². The van der Waals surface area contributed by atoms with Gasteiger partial charge in [0.1, 0.15) is 11.2 Å². The molecule has 5 nitrogen and oxygen atoms in total. The van der Waals surface area contributed by atoms with Crippen molar-refractivity contribution in [3.05, 3.63) is 87.8 Å². The summed E-state index contributed by atoms with van der Waals surface area (Å²) in [6.45, 7) is 0. The molecule has 0 fully saturated rings. The molecule has 2 heterocycles. The summed E-state index contributed by atoms with van der Waals surface area (Å²) in [5.41, 5.74) is 3.01. The van der Waals surface area contributed by atoms with Crippen LogP contribution in [0.25, 0.3) is 21.3 Å². The van der Waals surface area contributed by atoms with E-state index in [2.05, 4.69) is 16.2 Å². The van der Waals surface area contributed by atoms with Crippen molar-refractivity contribution in [2.75, 3.05) is 0 Å². The zero-order valence-electron chi connectivity index (χ0n) is 13.5. The zero-order valence-corrected chi connectivity index (χ0v) is 14.4. The fourth-order valence-electron chi connectivity index (χ4n) is 2.61. The Morgan fingerprint density at radius 3 is 2.62 bits per heavy atom. The summed E-state index contributed by atoms with van der Waals surface area (Å²) < 4.78 is 1.24. The number of hydrogen-bond acceptors (Lipinski definition) is 5. The van der Waals surface area contributed by atoms with Gasteiger partial charge in [0, 0.05) is 10.9 Å². The molecule has 0 aliphatic heterocycles. The number of benzene rings is 2. The van der Waals surface area contributed by atoms with Gasteiger partial charge in [0.2, 0.25) is 0 Å². The molecule has 4 aromatic rings. The van der Waals surface area contributed by atoms with Gasteiger partial charge in [-0.25, -0.2) is 4.98 Å². The van der Waals surface area contributed by atoms with E-state index >= 15 is 0 Å². The van der Waals surface area contributed by atoms with Crippen molar-refractivity contribution in [3.63, 3.8) is 0 Å². The van der Waals surface area contributed by atoms with E-state index in [1.165, 1.54) is 22.3 Å². The van der Waals surface area contributed by atoms with Crippen LogP contribution in [0.1, 0.15) is 11.1 Å². The number of aromatic nitrogens is 2. The minimum Gasteiger partial charge on any atom is -0.267 e. The lowest BCUT2D eigenvalue weighted by atomic mass is 10.1. The third-order valence-electron chi connectivity index (χ3n) is 3.93. The number of nitriles is 1. The van der Waals surface area contributed by atoms with Crippen molar-refractivity contribution >= 4 is 27.8 Å². The van der Waals surface area contributed by atoms with Gasteiger partial charge in [-0.1, -0.05) is 42.5 Å². The first kappa shape index (κ1) is 15.9. The largest absolute Gasteiger partial charge is 0.283 e. The summed E-state index contributed by atoms with van der Waals surface area (Å²) in [4.78, 5) is 17.9. The van der Waals surface area contributed by atoms with Gasteiger partial charge in [-0.3, -0.25) is 4.79 Å². The van der Waals surface area contributed by atoms with Gasteiger partial charge in [-0.15, -0.1) is 11.3 Å². The van der Waals surface area contributed by atoms with Crippen molar-refractivity contribution in [2.24, 2.45) is 5.10 Å². The van der Waals surface area contributed by atoms with Crippen molar-refractivity contribution in [2.45, 2.75) is 0 Å². The molecule has 0 atom stereocenters. The second-order valence-corrected chi connectivity index (χ2v) is 6.43. The highest BCUT2D eigenvalue weighted by Crippen LogP contribution is 2.30. The molecule has 6 heteroatoms. The Morgan fingerprint density at radius 1 is 1.12 bits per heavy atom. The Balaban J connectivity index is 1.77. The number of fused-ring (bicyclic) bond motifs is 1. The molecular formula is C20H12N4OS. The lowest BCUT2D eigenvalue weighted by Gasteiger charge is -2.01. The Kier molecular flexibility index (Phi) is 4.14. The average Bonchev–Trinajstić information content (AvgIpc) is 3.13. The van der Waals surface area contributed by atoms with Crippen LogP contribution < -0.4 is 5.56 Å². The number of rotatable bonds is 3. The van der Waals surface area contributed by atoms with E-state index < -0.39 is 0 Å². The third-order valence-corrected chi connectivity index (χ3v) is 4.82. The van der Waals surface area contributed by atoms with Crippen LogP contribution in [0.4, 0.5) is 0 Å². The van der Waals surface area contributed by atoms with Gasteiger partial charge in [0.05, 0.1) is 23.2 Å². The summed E-state index contributed by atoms with van der Waals surface area (Å²) >= 11 is 1.44. The molecule has 2 aromatic heterocycles. The van der Waals surface area contributed by atoms with E-state index in [1.54, 1.807) is 30.5 Å². The van der Waals surface area contributed by atoms with E-state index in [-0.39, 0.29) is 5.56 Å². The summed E-state index contributed by atoms with van der Waals surface area (Å²) in [7, 11) is 0. The van der Waals surface area contributed by atoms with Gasteiger partial charge in [0.15, 0.2) is 0 Å². The van der Waals surface area contributed by atoms with E-state index in [9.17, 15) is 4.79 Å². The molecule has 0 saturated carbocycles. The minimum absolute atomic E-state index is 0.208. The standard InChI is InChI=1S/C20H12N4OS/c21-10-14-6-8-15(9-7-14)11-23-24-13-22-19-18(20(24)25)17(12-26-19)16-4-2-1-3-5-16/h1-9,11-13H. The van der Waals surface area contributed by atoms with E-state index in [0.29, 0.717) is 15.8 Å². The molecule has 0 unspecified atom stereocenters. The maximum absolute atomic E-state index is 12.9. The van der Waals surface area contributed by atoms with E-state index in [0.717, 1.165) is 16.7 Å². The van der Waals surface area contributed by atoms with Gasteiger partial charge in [-0.05, 0) is 23.3 Å². The summed E-state index contributed by atoms with van der Waals surface area (Å²) in [5, 5.41) is 15.6. The Bertz CT molecular complexity index is 1200. The second kappa shape index (κ2) is 6.75. The zero-order chi connectivity index (χ0) is 17.9. The van der Waals surface area contributed by atoms with Crippen molar-refractivity contribution in [1.29, 1.82) is 5.26 Å². The molecule has 0 aliphatic carbocycles. The van der Waals surface area contributed by atoms with Gasteiger partial charge >= 0.3 is 0 Å².